The summed E-state index contributed by atoms with van der Waals surface area (Å²) in [7, 11) is -3.57. The molecule has 1 aliphatic heterocycles. The predicted octanol–water partition coefficient (Wildman–Crippen LogP) is 5.29. The van der Waals surface area contributed by atoms with Crippen LogP contribution in [0.2, 0.25) is 0 Å². The molecule has 0 saturated carbocycles. The minimum Gasteiger partial charge on any atom is -0.207 e. The van der Waals surface area contributed by atoms with Crippen molar-refractivity contribution in [3.05, 3.63) is 76.9 Å². The molecule has 28 heavy (non-hydrogen) atoms. The molecule has 0 aliphatic carbocycles. The lowest BCUT2D eigenvalue weighted by Crippen LogP contribution is -2.21. The van der Waals surface area contributed by atoms with Gasteiger partial charge in [0, 0.05) is 12.0 Å². The van der Waals surface area contributed by atoms with Crippen LogP contribution in [-0.4, -0.2) is 24.8 Å². The Hall–Kier alpha value is -1.91. The lowest BCUT2D eigenvalue weighted by atomic mass is 9.91. The highest BCUT2D eigenvalue weighted by Gasteiger charge is 2.59. The fraction of sp³-hybridized carbons (Fsp3) is 0.417. The van der Waals surface area contributed by atoms with Gasteiger partial charge < -0.3 is 0 Å². The van der Waals surface area contributed by atoms with Crippen molar-refractivity contribution in [3.8, 4) is 0 Å². The number of rotatable bonds is 6. The molecule has 0 N–H and O–H groups in total. The average Bonchev–Trinajstić information content (AvgIpc) is 3.32. The van der Waals surface area contributed by atoms with Crippen LogP contribution in [0.4, 0.5) is 0 Å². The molecule has 2 aromatic rings. The van der Waals surface area contributed by atoms with Gasteiger partial charge in [-0.25, -0.2) is 8.42 Å². The van der Waals surface area contributed by atoms with Crippen LogP contribution in [0.1, 0.15) is 47.6 Å². The Balaban J connectivity index is 2.05. The van der Waals surface area contributed by atoms with Crippen molar-refractivity contribution >= 4 is 10.0 Å². The van der Waals surface area contributed by atoms with Gasteiger partial charge in [-0.2, -0.15) is 4.31 Å². The second kappa shape index (κ2) is 7.49. The third-order valence-electron chi connectivity index (χ3n) is 5.76. The van der Waals surface area contributed by atoms with Crippen molar-refractivity contribution in [2.75, 3.05) is 0 Å². The molecule has 3 rings (SSSR count). The standard InChI is InChI=1S/C24H31NO2S/c1-8-21(20-11-9-16(4)10-12-20)23-22(15(2)3)25(23)28(26,27)24-18(6)13-17(5)14-19(24)7/h8-15,21-23H,1H2,2-7H3/t21?,22-,23-,25?/m0/s1. The van der Waals surface area contributed by atoms with Crippen LogP contribution in [-0.2, 0) is 10.0 Å². The van der Waals surface area contributed by atoms with Gasteiger partial charge in [0.25, 0.3) is 0 Å². The molecule has 3 nitrogen and oxygen atoms in total. The number of benzene rings is 2. The van der Waals surface area contributed by atoms with E-state index in [1.165, 1.54) is 5.56 Å². The van der Waals surface area contributed by atoms with Crippen molar-refractivity contribution in [3.63, 3.8) is 0 Å². The van der Waals surface area contributed by atoms with E-state index in [9.17, 15) is 8.42 Å². The minimum absolute atomic E-state index is 0.0191. The monoisotopic (exact) mass is 397 g/mol. The summed E-state index contributed by atoms with van der Waals surface area (Å²) < 4.78 is 29.1. The van der Waals surface area contributed by atoms with Crippen molar-refractivity contribution in [1.29, 1.82) is 0 Å². The van der Waals surface area contributed by atoms with Gasteiger partial charge in [-0.1, -0.05) is 67.4 Å². The van der Waals surface area contributed by atoms with E-state index in [1.807, 2.05) is 39.0 Å². The first-order valence-electron chi connectivity index (χ1n) is 9.90. The number of nitrogens with zero attached hydrogens (tertiary/aromatic N) is 1. The molecule has 150 valence electrons. The summed E-state index contributed by atoms with van der Waals surface area (Å²) in [4.78, 5) is 0.456. The van der Waals surface area contributed by atoms with E-state index in [2.05, 4.69) is 51.6 Å². The minimum atomic E-state index is -3.57. The maximum Gasteiger partial charge on any atom is 0.244 e. The lowest BCUT2D eigenvalue weighted by molar-refractivity contribution is 0.515. The highest BCUT2D eigenvalue weighted by Crippen LogP contribution is 2.48. The zero-order valence-electron chi connectivity index (χ0n) is 17.7. The van der Waals surface area contributed by atoms with Gasteiger partial charge in [0.05, 0.1) is 10.9 Å². The number of sulfonamides is 1. The second-order valence-corrected chi connectivity index (χ2v) is 10.2. The first-order valence-corrected chi connectivity index (χ1v) is 11.3. The van der Waals surface area contributed by atoms with Crippen LogP contribution in [0, 0.1) is 33.6 Å². The topological polar surface area (TPSA) is 37.1 Å². The van der Waals surface area contributed by atoms with Crippen molar-refractivity contribution in [2.24, 2.45) is 5.92 Å². The molecular formula is C24H31NO2S. The number of aryl methyl sites for hydroxylation is 4. The van der Waals surface area contributed by atoms with Crippen molar-refractivity contribution in [1.82, 2.24) is 4.31 Å². The van der Waals surface area contributed by atoms with E-state index in [1.54, 1.807) is 4.31 Å². The molecule has 1 heterocycles. The van der Waals surface area contributed by atoms with Crippen LogP contribution in [0.25, 0.3) is 0 Å². The Morgan fingerprint density at radius 1 is 0.929 bits per heavy atom. The van der Waals surface area contributed by atoms with Crippen LogP contribution >= 0.6 is 0 Å². The molecular weight excluding hydrogens is 366 g/mol. The Kier molecular flexibility index (Phi) is 5.57. The molecule has 0 spiro atoms. The van der Waals surface area contributed by atoms with Crippen LogP contribution in [0.3, 0.4) is 0 Å². The summed E-state index contributed by atoms with van der Waals surface area (Å²) in [5, 5.41) is 0. The van der Waals surface area contributed by atoms with Gasteiger partial charge in [-0.15, -0.1) is 6.58 Å². The van der Waals surface area contributed by atoms with Gasteiger partial charge in [0.1, 0.15) is 0 Å². The number of hydrogen-bond donors (Lipinski definition) is 0. The summed E-state index contributed by atoms with van der Waals surface area (Å²) in [5.41, 5.74) is 5.03. The lowest BCUT2D eigenvalue weighted by Gasteiger charge is -2.16. The van der Waals surface area contributed by atoms with E-state index in [0.717, 1.165) is 22.3 Å². The fourth-order valence-corrected chi connectivity index (χ4v) is 6.92. The molecule has 0 amide bonds. The molecule has 2 unspecified atom stereocenters. The third kappa shape index (κ3) is 3.56. The van der Waals surface area contributed by atoms with E-state index in [-0.39, 0.29) is 23.9 Å². The van der Waals surface area contributed by atoms with E-state index in [4.69, 9.17) is 0 Å². The molecule has 1 aliphatic rings. The number of hydrogen-bond acceptors (Lipinski definition) is 2. The first-order chi connectivity index (χ1) is 13.1. The highest BCUT2D eigenvalue weighted by atomic mass is 32.2. The molecule has 4 atom stereocenters. The molecule has 1 saturated heterocycles. The fourth-order valence-electron chi connectivity index (χ4n) is 4.57. The molecule has 0 radical (unpaired) electrons. The maximum atomic E-state index is 13.7. The van der Waals surface area contributed by atoms with Crippen molar-refractivity contribution < 1.29 is 8.42 Å². The Morgan fingerprint density at radius 2 is 1.46 bits per heavy atom. The highest BCUT2D eigenvalue weighted by molar-refractivity contribution is 7.89. The van der Waals surface area contributed by atoms with E-state index in [0.29, 0.717) is 4.90 Å². The third-order valence-corrected chi connectivity index (χ3v) is 7.96. The van der Waals surface area contributed by atoms with Crippen LogP contribution in [0.5, 0.6) is 0 Å². The maximum absolute atomic E-state index is 13.7. The predicted molar refractivity (Wildman–Crippen MR) is 116 cm³/mol. The van der Waals surface area contributed by atoms with Crippen LogP contribution in [0.15, 0.2) is 53.9 Å². The average molecular weight is 398 g/mol. The largest absolute Gasteiger partial charge is 0.244 e. The second-order valence-electron chi connectivity index (χ2n) is 8.46. The summed E-state index contributed by atoms with van der Waals surface area (Å²) in [5.74, 6) is 0.215. The zero-order valence-corrected chi connectivity index (χ0v) is 18.5. The molecule has 0 aromatic heterocycles. The summed E-state index contributed by atoms with van der Waals surface area (Å²) >= 11 is 0. The Morgan fingerprint density at radius 3 is 1.93 bits per heavy atom. The van der Waals surface area contributed by atoms with Crippen LogP contribution < -0.4 is 0 Å². The molecule has 0 bridgehead atoms. The van der Waals surface area contributed by atoms with E-state index < -0.39 is 10.0 Å². The molecule has 4 heteroatoms. The van der Waals surface area contributed by atoms with Gasteiger partial charge in [-0.3, -0.25) is 0 Å². The molecule has 1 fully saturated rings. The Bertz CT molecular complexity index is 967. The summed E-state index contributed by atoms with van der Waals surface area (Å²) in [6, 6.07) is 12.1. The summed E-state index contributed by atoms with van der Waals surface area (Å²) in [6.07, 6.45) is 1.90. The normalized spacial score (nSPS) is 22.9. The quantitative estimate of drug-likeness (QED) is 0.491. The summed E-state index contributed by atoms with van der Waals surface area (Å²) in [6.45, 7) is 16.1. The SMILES string of the molecule is C=CC(c1ccc(C)cc1)[C@H]1[C@H](C(C)C)N1S(=O)(=O)c1c(C)cc(C)cc1C. The van der Waals surface area contributed by atoms with Gasteiger partial charge in [0.2, 0.25) is 10.0 Å². The van der Waals surface area contributed by atoms with E-state index >= 15 is 0 Å². The zero-order chi connectivity index (χ0) is 20.8. The van der Waals surface area contributed by atoms with Gasteiger partial charge >= 0.3 is 0 Å². The van der Waals surface area contributed by atoms with Crippen molar-refractivity contribution in [2.45, 2.75) is 64.4 Å². The van der Waals surface area contributed by atoms with Gasteiger partial charge in [-0.05, 0) is 50.3 Å². The van der Waals surface area contributed by atoms with Gasteiger partial charge in [0.15, 0.2) is 0 Å². The smallest absolute Gasteiger partial charge is 0.207 e. The molecule has 2 aromatic carbocycles. The Labute approximate surface area is 170 Å². The first kappa shape index (κ1) is 20.8.